The van der Waals surface area contributed by atoms with E-state index in [0.717, 1.165) is 10.9 Å². The summed E-state index contributed by atoms with van der Waals surface area (Å²) in [7, 11) is 1.86. The Bertz CT molecular complexity index is 987. The van der Waals surface area contributed by atoms with Gasteiger partial charge in [-0.1, -0.05) is 48.5 Å². The highest BCUT2D eigenvalue weighted by molar-refractivity contribution is 5.96. The molecule has 3 aromatic carbocycles. The maximum atomic E-state index is 12.6. The molecule has 3 rings (SSSR count). The summed E-state index contributed by atoms with van der Waals surface area (Å²) in [5.41, 5.74) is 1.19. The van der Waals surface area contributed by atoms with Crippen LogP contribution in [0.5, 0.6) is 0 Å². The number of likely N-dealkylation sites (N-methyl/N-ethyl adjacent to an activating group) is 1. The Morgan fingerprint density at radius 1 is 1.07 bits per heavy atom. The van der Waals surface area contributed by atoms with Crippen LogP contribution in [0.2, 0.25) is 0 Å². The molecule has 1 atom stereocenters. The second-order valence-corrected chi connectivity index (χ2v) is 6.54. The highest BCUT2D eigenvalue weighted by Crippen LogP contribution is 2.24. The minimum absolute atomic E-state index is 0.116. The molecule has 0 spiro atoms. The highest BCUT2D eigenvalue weighted by atomic mass is 16.6. The zero-order valence-electron chi connectivity index (χ0n) is 15.3. The molecule has 3 aromatic rings. The predicted molar refractivity (Wildman–Crippen MR) is 107 cm³/mol. The molecule has 0 fully saturated rings. The lowest BCUT2D eigenvalue weighted by atomic mass is 10.1. The number of nitrogens with one attached hydrogen (secondary N) is 1. The summed E-state index contributed by atoms with van der Waals surface area (Å²) in [6.45, 7) is 2.38. The second-order valence-electron chi connectivity index (χ2n) is 6.54. The van der Waals surface area contributed by atoms with E-state index >= 15 is 0 Å². The van der Waals surface area contributed by atoms with Gasteiger partial charge < -0.3 is 5.32 Å². The summed E-state index contributed by atoms with van der Waals surface area (Å²) in [6.07, 6.45) is 0. The van der Waals surface area contributed by atoms with Crippen LogP contribution in [0.25, 0.3) is 10.8 Å². The molecule has 0 aromatic heterocycles. The first-order chi connectivity index (χ1) is 13.0. The second kappa shape index (κ2) is 7.97. The molecule has 0 radical (unpaired) electrons. The number of carbonyl (C=O) groups excluding carboxylic acids is 1. The van der Waals surface area contributed by atoms with Crippen LogP contribution in [0.3, 0.4) is 0 Å². The number of rotatable bonds is 6. The smallest absolute Gasteiger partial charge is 0.292 e. The molecule has 6 heteroatoms. The van der Waals surface area contributed by atoms with Crippen LogP contribution in [0.15, 0.2) is 66.7 Å². The first-order valence-corrected chi connectivity index (χ1v) is 8.68. The van der Waals surface area contributed by atoms with Gasteiger partial charge >= 0.3 is 0 Å². The average Bonchev–Trinajstić information content (AvgIpc) is 2.67. The molecule has 0 aliphatic carbocycles. The number of nitro groups is 1. The number of anilines is 1. The largest absolute Gasteiger partial charge is 0.319 e. The number of hydrogen-bond donors (Lipinski definition) is 1. The fourth-order valence-corrected chi connectivity index (χ4v) is 2.94. The monoisotopic (exact) mass is 363 g/mol. The molecule has 0 unspecified atom stereocenters. The van der Waals surface area contributed by atoms with Crippen molar-refractivity contribution in [2.75, 3.05) is 12.4 Å². The molecule has 27 heavy (non-hydrogen) atoms. The molecule has 6 nitrogen and oxygen atoms in total. The van der Waals surface area contributed by atoms with Crippen molar-refractivity contribution in [3.8, 4) is 0 Å². The van der Waals surface area contributed by atoms with Crippen LogP contribution in [0.4, 0.5) is 11.4 Å². The highest BCUT2D eigenvalue weighted by Gasteiger charge is 2.21. The van der Waals surface area contributed by atoms with Gasteiger partial charge in [-0.2, -0.15) is 0 Å². The maximum Gasteiger partial charge on any atom is 0.292 e. The van der Waals surface area contributed by atoms with Gasteiger partial charge in [0.05, 0.1) is 11.0 Å². The molecule has 0 saturated heterocycles. The minimum Gasteiger partial charge on any atom is -0.319 e. The summed E-state index contributed by atoms with van der Waals surface area (Å²) < 4.78 is 0. The fourth-order valence-electron chi connectivity index (χ4n) is 2.94. The van der Waals surface area contributed by atoms with Crippen molar-refractivity contribution < 1.29 is 9.72 Å². The summed E-state index contributed by atoms with van der Waals surface area (Å²) in [4.78, 5) is 25.1. The fraction of sp³-hybridized carbons (Fsp3) is 0.190. The van der Waals surface area contributed by atoms with Gasteiger partial charge in [0.1, 0.15) is 5.69 Å². The number of nitrogens with zero attached hydrogens (tertiary/aromatic N) is 2. The molecule has 0 saturated carbocycles. The van der Waals surface area contributed by atoms with E-state index in [2.05, 4.69) is 29.6 Å². The van der Waals surface area contributed by atoms with Crippen molar-refractivity contribution in [3.05, 3.63) is 82.4 Å². The van der Waals surface area contributed by atoms with E-state index in [4.69, 9.17) is 0 Å². The van der Waals surface area contributed by atoms with Crippen LogP contribution in [0, 0.1) is 10.1 Å². The summed E-state index contributed by atoms with van der Waals surface area (Å²) >= 11 is 0. The van der Waals surface area contributed by atoms with Crippen LogP contribution < -0.4 is 5.32 Å². The molecule has 138 valence electrons. The molecule has 0 heterocycles. The van der Waals surface area contributed by atoms with Gasteiger partial charge in [0.15, 0.2) is 0 Å². The Morgan fingerprint density at radius 3 is 2.48 bits per heavy atom. The van der Waals surface area contributed by atoms with Crippen molar-refractivity contribution in [2.45, 2.75) is 19.5 Å². The Balaban J connectivity index is 1.69. The number of fused-ring (bicyclic) bond motifs is 1. The number of carbonyl (C=O) groups is 1. The summed E-state index contributed by atoms with van der Waals surface area (Å²) in [5, 5.41) is 16.1. The van der Waals surface area contributed by atoms with Gasteiger partial charge in [0.2, 0.25) is 5.91 Å². The van der Waals surface area contributed by atoms with E-state index in [1.54, 1.807) is 19.1 Å². The van der Waals surface area contributed by atoms with E-state index in [1.807, 2.05) is 30.1 Å². The third-order valence-electron chi connectivity index (χ3n) is 4.65. The standard InChI is InChI=1S/C21H21N3O3/c1-15(21(25)22-19-9-5-6-10-20(19)24(26)27)23(2)14-16-11-12-17-7-3-4-8-18(17)13-16/h3-13,15H,14H2,1-2H3,(H,22,25)/t15-/m1/s1. The topological polar surface area (TPSA) is 75.5 Å². The Hall–Kier alpha value is -3.25. The van der Waals surface area contributed by atoms with E-state index in [-0.39, 0.29) is 17.3 Å². The first kappa shape index (κ1) is 18.5. The van der Waals surface area contributed by atoms with Gasteiger partial charge in [-0.25, -0.2) is 0 Å². The quantitative estimate of drug-likeness (QED) is 0.526. The number of para-hydroxylation sites is 2. The van der Waals surface area contributed by atoms with Crippen LogP contribution >= 0.6 is 0 Å². The van der Waals surface area contributed by atoms with Crippen molar-refractivity contribution in [1.82, 2.24) is 4.90 Å². The van der Waals surface area contributed by atoms with E-state index in [1.165, 1.54) is 17.5 Å². The third-order valence-corrected chi connectivity index (χ3v) is 4.65. The molecule has 1 amide bonds. The predicted octanol–water partition coefficient (Wildman–Crippen LogP) is 4.21. The van der Waals surface area contributed by atoms with E-state index in [9.17, 15) is 14.9 Å². The van der Waals surface area contributed by atoms with Crippen LogP contribution in [-0.2, 0) is 11.3 Å². The Morgan fingerprint density at radius 2 is 1.74 bits per heavy atom. The van der Waals surface area contributed by atoms with Crippen LogP contribution in [0.1, 0.15) is 12.5 Å². The van der Waals surface area contributed by atoms with E-state index < -0.39 is 11.0 Å². The van der Waals surface area contributed by atoms with Crippen molar-refractivity contribution in [1.29, 1.82) is 0 Å². The normalized spacial score (nSPS) is 12.1. The van der Waals surface area contributed by atoms with Gasteiger partial charge in [-0.15, -0.1) is 0 Å². The molecular weight excluding hydrogens is 342 g/mol. The van der Waals surface area contributed by atoms with Gasteiger partial charge in [0, 0.05) is 12.6 Å². The molecule has 0 bridgehead atoms. The van der Waals surface area contributed by atoms with Gasteiger partial charge in [0.25, 0.3) is 5.69 Å². The van der Waals surface area contributed by atoms with Crippen molar-refractivity contribution in [3.63, 3.8) is 0 Å². The van der Waals surface area contributed by atoms with Crippen molar-refractivity contribution >= 4 is 28.1 Å². The Labute approximate surface area is 157 Å². The lowest BCUT2D eigenvalue weighted by molar-refractivity contribution is -0.383. The lowest BCUT2D eigenvalue weighted by Gasteiger charge is -2.24. The first-order valence-electron chi connectivity index (χ1n) is 8.68. The van der Waals surface area contributed by atoms with Crippen molar-refractivity contribution in [2.24, 2.45) is 0 Å². The number of nitro benzene ring substituents is 1. The van der Waals surface area contributed by atoms with E-state index in [0.29, 0.717) is 6.54 Å². The number of hydrogen-bond acceptors (Lipinski definition) is 4. The molecular formula is C21H21N3O3. The van der Waals surface area contributed by atoms with Gasteiger partial charge in [-0.05, 0) is 42.4 Å². The van der Waals surface area contributed by atoms with Crippen LogP contribution in [-0.4, -0.2) is 28.8 Å². The summed E-state index contributed by atoms with van der Waals surface area (Å²) in [5.74, 6) is -0.285. The molecule has 0 aliphatic rings. The molecule has 1 N–H and O–H groups in total. The number of benzene rings is 3. The summed E-state index contributed by atoms with van der Waals surface area (Å²) in [6, 6.07) is 20.0. The average molecular weight is 363 g/mol. The number of amides is 1. The third kappa shape index (κ3) is 4.30. The van der Waals surface area contributed by atoms with Gasteiger partial charge in [-0.3, -0.25) is 19.8 Å². The zero-order chi connectivity index (χ0) is 19.4. The zero-order valence-corrected chi connectivity index (χ0v) is 15.3. The Kier molecular flexibility index (Phi) is 5.47. The maximum absolute atomic E-state index is 12.6. The molecule has 0 aliphatic heterocycles. The lowest BCUT2D eigenvalue weighted by Crippen LogP contribution is -2.39. The minimum atomic E-state index is -0.501. The SMILES string of the molecule is C[C@H](C(=O)Nc1ccccc1[N+](=O)[O-])N(C)Cc1ccc2ccccc2c1.